The molecular formula is C14H20F2N2. The quantitative estimate of drug-likeness (QED) is 0.873. The highest BCUT2D eigenvalue weighted by atomic mass is 19.3. The van der Waals surface area contributed by atoms with E-state index in [0.717, 1.165) is 36.9 Å². The lowest BCUT2D eigenvalue weighted by Gasteiger charge is -2.31. The summed E-state index contributed by atoms with van der Waals surface area (Å²) in [6.07, 6.45) is 2.97. The predicted octanol–water partition coefficient (Wildman–Crippen LogP) is 3.13. The van der Waals surface area contributed by atoms with Crippen molar-refractivity contribution in [2.75, 3.05) is 6.54 Å². The summed E-state index contributed by atoms with van der Waals surface area (Å²) in [6, 6.07) is 3.13. The van der Waals surface area contributed by atoms with Crippen LogP contribution in [0.25, 0.3) is 0 Å². The molecule has 4 heteroatoms. The van der Waals surface area contributed by atoms with Gasteiger partial charge >= 0.3 is 0 Å². The summed E-state index contributed by atoms with van der Waals surface area (Å²) in [7, 11) is 0. The molecule has 0 bridgehead atoms. The molecule has 0 amide bonds. The highest BCUT2D eigenvalue weighted by molar-refractivity contribution is 5.27. The van der Waals surface area contributed by atoms with Gasteiger partial charge in [0.25, 0.3) is 6.43 Å². The molecule has 1 aliphatic rings. The number of hydrogen-bond acceptors (Lipinski definition) is 2. The monoisotopic (exact) mass is 254 g/mol. The van der Waals surface area contributed by atoms with Crippen molar-refractivity contribution >= 4 is 0 Å². The van der Waals surface area contributed by atoms with Crippen LogP contribution in [0.5, 0.6) is 0 Å². The first kappa shape index (κ1) is 13.4. The number of halogens is 2. The van der Waals surface area contributed by atoms with E-state index in [1.54, 1.807) is 6.20 Å². The van der Waals surface area contributed by atoms with E-state index in [-0.39, 0.29) is 5.92 Å². The van der Waals surface area contributed by atoms with Crippen LogP contribution in [0, 0.1) is 0 Å². The van der Waals surface area contributed by atoms with Gasteiger partial charge in [0.2, 0.25) is 0 Å². The van der Waals surface area contributed by atoms with Crippen LogP contribution in [0.3, 0.4) is 0 Å². The molecule has 1 N–H and O–H groups in total. The topological polar surface area (TPSA) is 24.9 Å². The molecule has 1 aromatic heterocycles. The normalized spacial score (nSPS) is 20.8. The van der Waals surface area contributed by atoms with E-state index in [1.165, 1.54) is 0 Å². The number of aryl methyl sites for hydroxylation is 1. The van der Waals surface area contributed by atoms with Crippen LogP contribution in [0.1, 0.15) is 43.4 Å². The van der Waals surface area contributed by atoms with Gasteiger partial charge < -0.3 is 5.32 Å². The smallest absolute Gasteiger partial charge is 0.254 e. The zero-order valence-electron chi connectivity index (χ0n) is 10.7. The van der Waals surface area contributed by atoms with Crippen LogP contribution in [0.15, 0.2) is 18.3 Å². The SMILES string of the molecule is CCCNC(C(F)F)C1CCCc2cccnc21. The van der Waals surface area contributed by atoms with Crippen molar-refractivity contribution in [3.63, 3.8) is 0 Å². The molecule has 0 spiro atoms. The van der Waals surface area contributed by atoms with Gasteiger partial charge in [0, 0.05) is 17.8 Å². The van der Waals surface area contributed by atoms with Crippen LogP contribution in [0.2, 0.25) is 0 Å². The number of aromatic nitrogens is 1. The maximum absolute atomic E-state index is 13.2. The van der Waals surface area contributed by atoms with Gasteiger partial charge in [-0.05, 0) is 43.9 Å². The van der Waals surface area contributed by atoms with Gasteiger partial charge in [0.1, 0.15) is 0 Å². The molecule has 0 radical (unpaired) electrons. The summed E-state index contributed by atoms with van der Waals surface area (Å²) in [5.41, 5.74) is 2.01. The molecule has 100 valence electrons. The summed E-state index contributed by atoms with van der Waals surface area (Å²) in [4.78, 5) is 4.34. The van der Waals surface area contributed by atoms with E-state index >= 15 is 0 Å². The third-order valence-electron chi connectivity index (χ3n) is 3.57. The summed E-state index contributed by atoms with van der Waals surface area (Å²) < 4.78 is 26.4. The molecule has 0 fully saturated rings. The van der Waals surface area contributed by atoms with Crippen molar-refractivity contribution < 1.29 is 8.78 Å². The first-order valence-corrected chi connectivity index (χ1v) is 6.69. The van der Waals surface area contributed by atoms with Gasteiger partial charge in [0.15, 0.2) is 0 Å². The van der Waals surface area contributed by atoms with Crippen LogP contribution in [0.4, 0.5) is 8.78 Å². The lowest BCUT2D eigenvalue weighted by Crippen LogP contribution is -2.42. The molecule has 2 rings (SSSR count). The first-order chi connectivity index (χ1) is 8.74. The molecule has 18 heavy (non-hydrogen) atoms. The second-order valence-corrected chi connectivity index (χ2v) is 4.86. The Morgan fingerprint density at radius 3 is 3.06 bits per heavy atom. The molecule has 0 saturated heterocycles. The molecule has 1 aliphatic carbocycles. The maximum atomic E-state index is 13.2. The van der Waals surface area contributed by atoms with Crippen molar-refractivity contribution in [3.05, 3.63) is 29.6 Å². The van der Waals surface area contributed by atoms with Crippen molar-refractivity contribution in [1.29, 1.82) is 0 Å². The van der Waals surface area contributed by atoms with Gasteiger partial charge in [-0.2, -0.15) is 0 Å². The number of rotatable bonds is 5. The number of nitrogens with zero attached hydrogens (tertiary/aromatic N) is 1. The molecule has 0 aromatic carbocycles. The zero-order valence-corrected chi connectivity index (χ0v) is 10.7. The number of alkyl halides is 2. The summed E-state index contributed by atoms with van der Waals surface area (Å²) in [5.74, 6) is -0.151. The standard InChI is InChI=1S/C14H20F2N2/c1-2-8-17-13(14(15)16)11-7-3-5-10-6-4-9-18-12(10)11/h4,6,9,11,13-14,17H,2-3,5,7-8H2,1H3. The molecular weight excluding hydrogens is 234 g/mol. The number of hydrogen-bond donors (Lipinski definition) is 1. The molecule has 0 saturated carbocycles. The molecule has 2 nitrogen and oxygen atoms in total. The third kappa shape index (κ3) is 2.86. The van der Waals surface area contributed by atoms with E-state index in [1.807, 2.05) is 19.1 Å². The fourth-order valence-corrected chi connectivity index (χ4v) is 2.71. The fourth-order valence-electron chi connectivity index (χ4n) is 2.71. The molecule has 1 aromatic rings. The van der Waals surface area contributed by atoms with Crippen molar-refractivity contribution in [1.82, 2.24) is 10.3 Å². The van der Waals surface area contributed by atoms with Crippen LogP contribution >= 0.6 is 0 Å². The van der Waals surface area contributed by atoms with Crippen molar-refractivity contribution in [3.8, 4) is 0 Å². The Morgan fingerprint density at radius 1 is 1.50 bits per heavy atom. The predicted molar refractivity (Wildman–Crippen MR) is 68.0 cm³/mol. The molecule has 1 heterocycles. The van der Waals surface area contributed by atoms with Gasteiger partial charge in [-0.15, -0.1) is 0 Å². The Bertz CT molecular complexity index is 382. The lowest BCUT2D eigenvalue weighted by molar-refractivity contribution is 0.0807. The van der Waals surface area contributed by atoms with Gasteiger partial charge in [-0.1, -0.05) is 13.0 Å². The van der Waals surface area contributed by atoms with Crippen molar-refractivity contribution in [2.24, 2.45) is 0 Å². The van der Waals surface area contributed by atoms with Gasteiger partial charge in [-0.25, -0.2) is 8.78 Å². The van der Waals surface area contributed by atoms with E-state index in [0.29, 0.717) is 6.54 Å². The molecule has 0 aliphatic heterocycles. The Balaban J connectivity index is 2.21. The zero-order chi connectivity index (χ0) is 13.0. The second kappa shape index (κ2) is 6.23. The van der Waals surface area contributed by atoms with E-state index in [4.69, 9.17) is 0 Å². The molecule has 2 unspecified atom stereocenters. The first-order valence-electron chi connectivity index (χ1n) is 6.69. The Kier molecular flexibility index (Phi) is 4.64. The van der Waals surface area contributed by atoms with E-state index < -0.39 is 12.5 Å². The number of pyridine rings is 1. The van der Waals surface area contributed by atoms with Crippen molar-refractivity contribution in [2.45, 2.75) is 51.0 Å². The second-order valence-electron chi connectivity index (χ2n) is 4.86. The van der Waals surface area contributed by atoms with Gasteiger partial charge in [-0.3, -0.25) is 4.98 Å². The number of fused-ring (bicyclic) bond motifs is 1. The van der Waals surface area contributed by atoms with Gasteiger partial charge in [0.05, 0.1) is 6.04 Å². The van der Waals surface area contributed by atoms with Crippen LogP contribution in [-0.4, -0.2) is 24.0 Å². The average molecular weight is 254 g/mol. The Hall–Kier alpha value is -1.03. The third-order valence-corrected chi connectivity index (χ3v) is 3.57. The minimum atomic E-state index is -2.34. The summed E-state index contributed by atoms with van der Waals surface area (Å²) >= 11 is 0. The Labute approximate surface area is 107 Å². The minimum Gasteiger partial charge on any atom is -0.308 e. The fraction of sp³-hybridized carbons (Fsp3) is 0.643. The summed E-state index contributed by atoms with van der Waals surface area (Å²) in [5, 5.41) is 2.99. The van der Waals surface area contributed by atoms with Crippen LogP contribution in [-0.2, 0) is 6.42 Å². The average Bonchev–Trinajstić information content (AvgIpc) is 2.39. The van der Waals surface area contributed by atoms with Crippen LogP contribution < -0.4 is 5.32 Å². The highest BCUT2D eigenvalue weighted by Gasteiger charge is 2.34. The largest absolute Gasteiger partial charge is 0.308 e. The Morgan fingerprint density at radius 2 is 2.33 bits per heavy atom. The summed E-state index contributed by atoms with van der Waals surface area (Å²) in [6.45, 7) is 2.62. The lowest BCUT2D eigenvalue weighted by atomic mass is 9.82. The maximum Gasteiger partial charge on any atom is 0.254 e. The van der Waals surface area contributed by atoms with E-state index in [2.05, 4.69) is 10.3 Å². The molecule has 2 atom stereocenters. The number of nitrogens with one attached hydrogen (secondary N) is 1. The highest BCUT2D eigenvalue weighted by Crippen LogP contribution is 2.34. The minimum absolute atomic E-state index is 0.151. The van der Waals surface area contributed by atoms with E-state index in [9.17, 15) is 8.78 Å².